The first-order chi connectivity index (χ1) is 12.0. The molecule has 0 unspecified atom stereocenters. The van der Waals surface area contributed by atoms with Crippen molar-refractivity contribution in [2.45, 2.75) is 24.5 Å². The summed E-state index contributed by atoms with van der Waals surface area (Å²) in [6.45, 7) is 1.27. The van der Waals surface area contributed by atoms with Crippen LogP contribution in [0.15, 0.2) is 29.3 Å². The fourth-order valence-electron chi connectivity index (χ4n) is 2.53. The maximum absolute atomic E-state index is 12.8. The third kappa shape index (κ3) is 3.14. The summed E-state index contributed by atoms with van der Waals surface area (Å²) < 4.78 is 63.0. The molecule has 0 aliphatic carbocycles. The minimum Gasteiger partial charge on any atom is -0.287 e. The van der Waals surface area contributed by atoms with E-state index < -0.39 is 27.6 Å². The maximum atomic E-state index is 12.8. The molecule has 2 aromatic heterocycles. The summed E-state index contributed by atoms with van der Waals surface area (Å²) in [6, 6.07) is 3.14. The number of carbonyl (C=O) groups excluding carboxylic acids is 1. The standard InChI is InChI=1S/C15H11ClF3N3O3S/c1-2-26(24,25)10-3-4-12(16)21-13(10)22-7-8-6-20-11(15(17,18)19)5-9(8)14(22)23/h3-6H,2,7H2,1H3. The number of fused-ring (bicyclic) bond motifs is 1. The summed E-state index contributed by atoms with van der Waals surface area (Å²) in [4.78, 5) is 20.6. The Hall–Kier alpha value is -2.20. The fourth-order valence-corrected chi connectivity index (χ4v) is 3.69. The number of halogens is 4. The van der Waals surface area contributed by atoms with Gasteiger partial charge in [-0.25, -0.2) is 13.4 Å². The van der Waals surface area contributed by atoms with Gasteiger partial charge < -0.3 is 0 Å². The third-order valence-electron chi connectivity index (χ3n) is 3.86. The maximum Gasteiger partial charge on any atom is 0.433 e. The summed E-state index contributed by atoms with van der Waals surface area (Å²) in [6.07, 6.45) is -3.75. The van der Waals surface area contributed by atoms with Crippen LogP contribution in [-0.2, 0) is 22.6 Å². The minimum atomic E-state index is -4.70. The van der Waals surface area contributed by atoms with E-state index in [-0.39, 0.29) is 39.3 Å². The van der Waals surface area contributed by atoms with E-state index in [1.807, 2.05) is 0 Å². The second-order valence-corrected chi connectivity index (χ2v) is 8.11. The number of aromatic nitrogens is 2. The molecule has 3 rings (SSSR count). The SMILES string of the molecule is CCS(=O)(=O)c1ccc(Cl)nc1N1Cc2cnc(C(F)(F)F)cc2C1=O. The van der Waals surface area contributed by atoms with E-state index in [0.717, 1.165) is 11.1 Å². The summed E-state index contributed by atoms with van der Waals surface area (Å²) in [5.41, 5.74) is -1.16. The molecule has 0 N–H and O–H groups in total. The molecule has 2 aromatic rings. The van der Waals surface area contributed by atoms with Crippen molar-refractivity contribution in [3.05, 3.63) is 46.4 Å². The number of rotatable bonds is 3. The van der Waals surface area contributed by atoms with Gasteiger partial charge >= 0.3 is 6.18 Å². The lowest BCUT2D eigenvalue weighted by Gasteiger charge is -2.18. The Labute approximate surface area is 151 Å². The van der Waals surface area contributed by atoms with Crippen molar-refractivity contribution in [3.8, 4) is 0 Å². The van der Waals surface area contributed by atoms with Gasteiger partial charge in [0.05, 0.1) is 12.3 Å². The number of pyridine rings is 2. The molecule has 6 nitrogen and oxygen atoms in total. The van der Waals surface area contributed by atoms with Crippen molar-refractivity contribution in [3.63, 3.8) is 0 Å². The molecule has 11 heteroatoms. The third-order valence-corrected chi connectivity index (χ3v) is 5.82. The quantitative estimate of drug-likeness (QED) is 0.733. The molecule has 138 valence electrons. The molecule has 1 aliphatic heterocycles. The van der Waals surface area contributed by atoms with Crippen LogP contribution in [0.4, 0.5) is 19.0 Å². The number of hydrogen-bond acceptors (Lipinski definition) is 5. The van der Waals surface area contributed by atoms with Crippen LogP contribution < -0.4 is 4.90 Å². The highest BCUT2D eigenvalue weighted by Gasteiger charge is 2.38. The summed E-state index contributed by atoms with van der Waals surface area (Å²) in [7, 11) is -3.74. The van der Waals surface area contributed by atoms with Crippen LogP contribution in [0, 0.1) is 0 Å². The van der Waals surface area contributed by atoms with Gasteiger partial charge in [-0.05, 0) is 18.2 Å². The topological polar surface area (TPSA) is 80.2 Å². The second kappa shape index (κ2) is 6.20. The van der Waals surface area contributed by atoms with Crippen molar-refractivity contribution in [1.82, 2.24) is 9.97 Å². The van der Waals surface area contributed by atoms with Gasteiger partial charge in [-0.15, -0.1) is 0 Å². The van der Waals surface area contributed by atoms with Crippen LogP contribution in [0.25, 0.3) is 0 Å². The molecular weight excluding hydrogens is 395 g/mol. The zero-order chi connectivity index (χ0) is 19.3. The van der Waals surface area contributed by atoms with Crippen LogP contribution >= 0.6 is 11.6 Å². The van der Waals surface area contributed by atoms with Crippen LogP contribution in [0.5, 0.6) is 0 Å². The Bertz CT molecular complexity index is 1010. The smallest absolute Gasteiger partial charge is 0.287 e. The van der Waals surface area contributed by atoms with E-state index in [1.54, 1.807) is 0 Å². The Morgan fingerprint density at radius 2 is 2.00 bits per heavy atom. The highest BCUT2D eigenvalue weighted by Crippen LogP contribution is 2.35. The molecule has 1 aliphatic rings. The van der Waals surface area contributed by atoms with Gasteiger partial charge in [0.1, 0.15) is 15.7 Å². The largest absolute Gasteiger partial charge is 0.433 e. The van der Waals surface area contributed by atoms with E-state index in [2.05, 4.69) is 9.97 Å². The van der Waals surface area contributed by atoms with Gasteiger partial charge in [-0.3, -0.25) is 14.7 Å². The molecule has 0 fully saturated rings. The van der Waals surface area contributed by atoms with Gasteiger partial charge in [0.2, 0.25) is 0 Å². The van der Waals surface area contributed by atoms with Crippen molar-refractivity contribution in [2.24, 2.45) is 0 Å². The Morgan fingerprint density at radius 3 is 2.62 bits per heavy atom. The van der Waals surface area contributed by atoms with Crippen molar-refractivity contribution >= 4 is 33.2 Å². The lowest BCUT2D eigenvalue weighted by atomic mass is 10.1. The second-order valence-electron chi connectivity index (χ2n) is 5.47. The van der Waals surface area contributed by atoms with Crippen LogP contribution in [0.2, 0.25) is 5.15 Å². The summed E-state index contributed by atoms with van der Waals surface area (Å²) >= 11 is 5.83. The van der Waals surface area contributed by atoms with Gasteiger partial charge in [-0.1, -0.05) is 18.5 Å². The summed E-state index contributed by atoms with van der Waals surface area (Å²) in [5, 5.41) is -0.0482. The molecule has 26 heavy (non-hydrogen) atoms. The van der Waals surface area contributed by atoms with Gasteiger partial charge in [0.25, 0.3) is 5.91 Å². The van der Waals surface area contributed by atoms with Crippen LogP contribution in [0.3, 0.4) is 0 Å². The fraction of sp³-hybridized carbons (Fsp3) is 0.267. The zero-order valence-electron chi connectivity index (χ0n) is 13.2. The minimum absolute atomic E-state index is 0.0482. The molecule has 0 aromatic carbocycles. The number of anilines is 1. The lowest BCUT2D eigenvalue weighted by Crippen LogP contribution is -2.26. The van der Waals surface area contributed by atoms with Crippen molar-refractivity contribution in [2.75, 3.05) is 10.7 Å². The van der Waals surface area contributed by atoms with E-state index in [0.29, 0.717) is 6.07 Å². The molecular formula is C15H11ClF3N3O3S. The Morgan fingerprint density at radius 1 is 1.31 bits per heavy atom. The Kier molecular flexibility index (Phi) is 4.43. The molecule has 0 saturated heterocycles. The molecule has 0 bridgehead atoms. The predicted octanol–water partition coefficient (Wildman–Crippen LogP) is 3.10. The Balaban J connectivity index is 2.11. The normalized spacial score (nSPS) is 14.7. The molecule has 1 amide bonds. The average molecular weight is 406 g/mol. The monoisotopic (exact) mass is 405 g/mol. The van der Waals surface area contributed by atoms with Gasteiger partial charge in [0, 0.05) is 17.3 Å². The van der Waals surface area contributed by atoms with Gasteiger partial charge in [-0.2, -0.15) is 13.2 Å². The number of nitrogens with zero attached hydrogens (tertiary/aromatic N) is 3. The van der Waals surface area contributed by atoms with E-state index in [9.17, 15) is 26.4 Å². The number of hydrogen-bond donors (Lipinski definition) is 0. The number of sulfone groups is 1. The first-order valence-corrected chi connectivity index (χ1v) is 9.35. The van der Waals surface area contributed by atoms with E-state index >= 15 is 0 Å². The van der Waals surface area contributed by atoms with Crippen LogP contribution in [-0.4, -0.2) is 30.0 Å². The molecule has 0 atom stereocenters. The molecule has 0 radical (unpaired) electrons. The number of carbonyl (C=O) groups is 1. The zero-order valence-corrected chi connectivity index (χ0v) is 14.8. The lowest BCUT2D eigenvalue weighted by molar-refractivity contribution is -0.141. The van der Waals surface area contributed by atoms with Gasteiger partial charge in [0.15, 0.2) is 15.7 Å². The number of amides is 1. The predicted molar refractivity (Wildman–Crippen MR) is 86.7 cm³/mol. The first kappa shape index (κ1) is 18.6. The van der Waals surface area contributed by atoms with Crippen molar-refractivity contribution in [1.29, 1.82) is 0 Å². The van der Waals surface area contributed by atoms with Crippen LogP contribution in [0.1, 0.15) is 28.5 Å². The summed E-state index contributed by atoms with van der Waals surface area (Å²) in [5.74, 6) is -1.25. The van der Waals surface area contributed by atoms with E-state index in [1.165, 1.54) is 19.1 Å². The van der Waals surface area contributed by atoms with Crippen molar-refractivity contribution < 1.29 is 26.4 Å². The number of alkyl halides is 3. The molecule has 3 heterocycles. The molecule has 0 spiro atoms. The van der Waals surface area contributed by atoms with E-state index in [4.69, 9.17) is 11.6 Å². The highest BCUT2D eigenvalue weighted by molar-refractivity contribution is 7.91. The molecule has 0 saturated carbocycles. The first-order valence-electron chi connectivity index (χ1n) is 7.32. The highest BCUT2D eigenvalue weighted by atomic mass is 35.5. The average Bonchev–Trinajstić information content (AvgIpc) is 2.90.